The highest BCUT2D eigenvalue weighted by atomic mass is 16.1. The van der Waals surface area contributed by atoms with E-state index in [0.29, 0.717) is 11.7 Å². The Morgan fingerprint density at radius 3 is 2.32 bits per heavy atom. The lowest BCUT2D eigenvalue weighted by Crippen LogP contribution is -2.50. The maximum absolute atomic E-state index is 11.2. The summed E-state index contributed by atoms with van der Waals surface area (Å²) in [6.45, 7) is 7.30. The van der Waals surface area contributed by atoms with Crippen LogP contribution in [0, 0.1) is 0 Å². The lowest BCUT2D eigenvalue weighted by molar-refractivity contribution is -0.112. The van der Waals surface area contributed by atoms with E-state index in [4.69, 9.17) is 5.73 Å². The molecule has 0 spiro atoms. The van der Waals surface area contributed by atoms with E-state index in [1.165, 1.54) is 50.9 Å². The molecule has 2 aliphatic rings. The number of nitrogens with zero attached hydrogens (tertiary/aromatic N) is 2. The number of anilines is 1. The second-order valence-corrected chi connectivity index (χ2v) is 6.30. The van der Waals surface area contributed by atoms with Crippen molar-refractivity contribution in [2.75, 3.05) is 24.5 Å². The summed E-state index contributed by atoms with van der Waals surface area (Å²) in [4.78, 5) is 16.4. The smallest absolute Gasteiger partial charge is 0.248 e. The summed E-state index contributed by atoms with van der Waals surface area (Å²) < 4.78 is 0. The fraction of sp³-hybridized carbons (Fsp3) is 0.500. The van der Waals surface area contributed by atoms with Crippen molar-refractivity contribution in [2.24, 2.45) is 5.73 Å². The van der Waals surface area contributed by atoms with Gasteiger partial charge in [0, 0.05) is 30.9 Å². The number of amides is 1. The van der Waals surface area contributed by atoms with Crippen molar-refractivity contribution in [3.8, 4) is 0 Å². The highest BCUT2D eigenvalue weighted by Gasteiger charge is 2.29. The van der Waals surface area contributed by atoms with Gasteiger partial charge in [-0.15, -0.1) is 0 Å². The third-order valence-electron chi connectivity index (χ3n) is 4.88. The van der Waals surface area contributed by atoms with E-state index in [9.17, 15) is 4.79 Å². The van der Waals surface area contributed by atoms with Gasteiger partial charge in [-0.05, 0) is 49.8 Å². The Hall–Kier alpha value is -1.81. The number of likely N-dealkylation sites (tertiary alicyclic amines) is 1. The molecular weight excluding hydrogens is 274 g/mol. The van der Waals surface area contributed by atoms with Gasteiger partial charge in [-0.1, -0.05) is 18.7 Å². The van der Waals surface area contributed by atoms with Gasteiger partial charge in [-0.25, -0.2) is 0 Å². The van der Waals surface area contributed by atoms with Gasteiger partial charge in [-0.3, -0.25) is 9.69 Å². The van der Waals surface area contributed by atoms with Crippen molar-refractivity contribution >= 4 is 17.2 Å². The topological polar surface area (TPSA) is 49.6 Å². The standard InChI is InChI=1S/C18H25N3O/c1-14(18(19)22)15-7-9-16(10-8-15)21-13-3-2-6-17(21)20-11-4-5-12-20/h7-10,17H,1-6,11-13H2,(H2,19,22). The van der Waals surface area contributed by atoms with Crippen LogP contribution in [-0.2, 0) is 4.79 Å². The molecule has 22 heavy (non-hydrogen) atoms. The van der Waals surface area contributed by atoms with Gasteiger partial charge in [-0.2, -0.15) is 0 Å². The molecule has 0 bridgehead atoms. The van der Waals surface area contributed by atoms with E-state index in [2.05, 4.69) is 28.5 Å². The van der Waals surface area contributed by atoms with Crippen LogP contribution >= 0.6 is 0 Å². The molecule has 1 aromatic rings. The molecule has 2 heterocycles. The molecule has 2 fully saturated rings. The number of rotatable bonds is 4. The fourth-order valence-electron chi connectivity index (χ4n) is 3.63. The van der Waals surface area contributed by atoms with Gasteiger partial charge in [0.05, 0.1) is 6.17 Å². The quantitative estimate of drug-likeness (QED) is 0.869. The predicted octanol–water partition coefficient (Wildman–Crippen LogP) is 2.60. The second kappa shape index (κ2) is 6.53. The Morgan fingerprint density at radius 2 is 1.68 bits per heavy atom. The van der Waals surface area contributed by atoms with E-state index < -0.39 is 5.91 Å². The molecule has 118 valence electrons. The first-order valence-corrected chi connectivity index (χ1v) is 8.26. The lowest BCUT2D eigenvalue weighted by atomic mass is 10.0. The number of hydrogen-bond acceptors (Lipinski definition) is 3. The van der Waals surface area contributed by atoms with Crippen LogP contribution in [-0.4, -0.2) is 36.6 Å². The van der Waals surface area contributed by atoms with E-state index in [1.807, 2.05) is 12.1 Å². The summed E-state index contributed by atoms with van der Waals surface area (Å²) in [6.07, 6.45) is 6.98. The number of primary amides is 1. The molecule has 0 aromatic heterocycles. The summed E-state index contributed by atoms with van der Waals surface area (Å²) in [5.74, 6) is -0.458. The van der Waals surface area contributed by atoms with Crippen LogP contribution in [0.15, 0.2) is 30.8 Å². The SMILES string of the molecule is C=C(C(N)=O)c1ccc(N2CCCCC2N2CCCC2)cc1. The Labute approximate surface area is 132 Å². The summed E-state index contributed by atoms with van der Waals surface area (Å²) >= 11 is 0. The van der Waals surface area contributed by atoms with Gasteiger partial charge < -0.3 is 10.6 Å². The Morgan fingerprint density at radius 1 is 1.05 bits per heavy atom. The zero-order valence-corrected chi connectivity index (χ0v) is 13.1. The van der Waals surface area contributed by atoms with Crippen molar-refractivity contribution in [3.05, 3.63) is 36.4 Å². The first kappa shape index (κ1) is 15.1. The average Bonchev–Trinajstić information content (AvgIpc) is 3.08. The van der Waals surface area contributed by atoms with Crippen LogP contribution in [0.2, 0.25) is 0 Å². The molecule has 1 amide bonds. The third kappa shape index (κ3) is 3.02. The first-order chi connectivity index (χ1) is 10.7. The first-order valence-electron chi connectivity index (χ1n) is 8.26. The van der Waals surface area contributed by atoms with Crippen molar-refractivity contribution in [3.63, 3.8) is 0 Å². The zero-order valence-electron chi connectivity index (χ0n) is 13.1. The monoisotopic (exact) mass is 299 g/mol. The Kier molecular flexibility index (Phi) is 4.48. The Bertz CT molecular complexity index is 546. The minimum atomic E-state index is -0.458. The molecule has 0 radical (unpaired) electrons. The minimum Gasteiger partial charge on any atom is -0.366 e. The molecule has 4 nitrogen and oxygen atoms in total. The normalized spacial score (nSPS) is 22.7. The highest BCUT2D eigenvalue weighted by molar-refractivity contribution is 6.17. The summed E-state index contributed by atoms with van der Waals surface area (Å²) in [7, 11) is 0. The molecule has 2 N–H and O–H groups in total. The van der Waals surface area contributed by atoms with Crippen molar-refractivity contribution in [2.45, 2.75) is 38.3 Å². The van der Waals surface area contributed by atoms with Crippen LogP contribution in [0.5, 0.6) is 0 Å². The van der Waals surface area contributed by atoms with Crippen LogP contribution in [0.3, 0.4) is 0 Å². The maximum Gasteiger partial charge on any atom is 0.248 e. The molecule has 1 aromatic carbocycles. The van der Waals surface area contributed by atoms with Crippen LogP contribution in [0.4, 0.5) is 5.69 Å². The summed E-state index contributed by atoms with van der Waals surface area (Å²) in [5, 5.41) is 0. The van der Waals surface area contributed by atoms with Crippen LogP contribution < -0.4 is 10.6 Å². The van der Waals surface area contributed by atoms with E-state index in [-0.39, 0.29) is 0 Å². The van der Waals surface area contributed by atoms with Gasteiger partial charge in [0.25, 0.3) is 0 Å². The highest BCUT2D eigenvalue weighted by Crippen LogP contribution is 2.29. The van der Waals surface area contributed by atoms with Gasteiger partial charge in [0.15, 0.2) is 0 Å². The molecule has 3 rings (SSSR count). The molecule has 2 aliphatic heterocycles. The molecule has 4 heteroatoms. The number of carbonyl (C=O) groups is 1. The fourth-order valence-corrected chi connectivity index (χ4v) is 3.63. The Balaban J connectivity index is 1.78. The molecule has 2 saturated heterocycles. The van der Waals surface area contributed by atoms with Crippen LogP contribution in [0.25, 0.3) is 5.57 Å². The lowest BCUT2D eigenvalue weighted by Gasteiger charge is -2.42. The molecule has 1 atom stereocenters. The third-order valence-corrected chi connectivity index (χ3v) is 4.88. The van der Waals surface area contributed by atoms with Gasteiger partial charge >= 0.3 is 0 Å². The van der Waals surface area contributed by atoms with Crippen molar-refractivity contribution in [1.29, 1.82) is 0 Å². The van der Waals surface area contributed by atoms with Crippen molar-refractivity contribution in [1.82, 2.24) is 4.90 Å². The van der Waals surface area contributed by atoms with E-state index in [0.717, 1.165) is 12.1 Å². The number of nitrogens with two attached hydrogens (primary N) is 1. The summed E-state index contributed by atoms with van der Waals surface area (Å²) in [6, 6.07) is 8.10. The number of piperidine rings is 1. The van der Waals surface area contributed by atoms with Crippen LogP contribution in [0.1, 0.15) is 37.7 Å². The number of carbonyl (C=O) groups excluding carboxylic acids is 1. The molecule has 0 aliphatic carbocycles. The van der Waals surface area contributed by atoms with E-state index in [1.54, 1.807) is 0 Å². The number of benzene rings is 1. The van der Waals surface area contributed by atoms with Crippen molar-refractivity contribution < 1.29 is 4.79 Å². The average molecular weight is 299 g/mol. The maximum atomic E-state index is 11.2. The zero-order chi connectivity index (χ0) is 15.5. The molecule has 0 saturated carbocycles. The molecular formula is C18H25N3O. The van der Waals surface area contributed by atoms with Gasteiger partial charge in [0.1, 0.15) is 0 Å². The second-order valence-electron chi connectivity index (χ2n) is 6.30. The summed E-state index contributed by atoms with van der Waals surface area (Å²) in [5.41, 5.74) is 7.72. The van der Waals surface area contributed by atoms with E-state index >= 15 is 0 Å². The predicted molar refractivity (Wildman–Crippen MR) is 90.5 cm³/mol. The largest absolute Gasteiger partial charge is 0.366 e. The van der Waals surface area contributed by atoms with Gasteiger partial charge in [0.2, 0.25) is 5.91 Å². The molecule has 1 unspecified atom stereocenters. The minimum absolute atomic E-state index is 0.376. The number of hydrogen-bond donors (Lipinski definition) is 1.